The Morgan fingerprint density at radius 2 is 2.16 bits per heavy atom. The van der Waals surface area contributed by atoms with Crippen molar-refractivity contribution in [3.8, 4) is 0 Å². The van der Waals surface area contributed by atoms with E-state index in [1.165, 1.54) is 12.1 Å². The van der Waals surface area contributed by atoms with E-state index in [1.54, 1.807) is 0 Å². The van der Waals surface area contributed by atoms with Gasteiger partial charge in [0.15, 0.2) is 0 Å². The summed E-state index contributed by atoms with van der Waals surface area (Å²) >= 11 is 5.55. The number of carboxylic acids is 1. The SMILES string of the molecule is CC(=O)NC(CS(=O)c1ccc(F)c(Cl)c1)C(=O)O. The number of halogens is 2. The average Bonchev–Trinajstić information content (AvgIpc) is 2.31. The molecule has 1 amide bonds. The van der Waals surface area contributed by atoms with Crippen LogP contribution in [0.1, 0.15) is 6.92 Å². The summed E-state index contributed by atoms with van der Waals surface area (Å²) < 4.78 is 24.9. The van der Waals surface area contributed by atoms with E-state index < -0.39 is 34.5 Å². The fourth-order valence-corrected chi connectivity index (χ4v) is 2.72. The van der Waals surface area contributed by atoms with E-state index in [0.717, 1.165) is 13.0 Å². The van der Waals surface area contributed by atoms with Crippen LogP contribution >= 0.6 is 11.6 Å². The first-order valence-electron chi connectivity index (χ1n) is 5.14. The average molecular weight is 308 g/mol. The van der Waals surface area contributed by atoms with Crippen molar-refractivity contribution in [1.29, 1.82) is 0 Å². The highest BCUT2D eigenvalue weighted by Gasteiger charge is 2.22. The number of rotatable bonds is 5. The summed E-state index contributed by atoms with van der Waals surface area (Å²) in [5.74, 6) is -2.81. The van der Waals surface area contributed by atoms with E-state index in [4.69, 9.17) is 16.7 Å². The molecular formula is C11H11ClFNO4S. The zero-order valence-electron chi connectivity index (χ0n) is 9.85. The summed E-state index contributed by atoms with van der Waals surface area (Å²) in [5, 5.41) is 10.9. The first-order chi connectivity index (χ1) is 8.81. The lowest BCUT2D eigenvalue weighted by atomic mass is 10.3. The molecule has 0 aromatic heterocycles. The molecule has 5 nitrogen and oxygen atoms in total. The minimum atomic E-state index is -1.72. The van der Waals surface area contributed by atoms with Gasteiger partial charge in [0.05, 0.1) is 21.6 Å². The fraction of sp³-hybridized carbons (Fsp3) is 0.273. The van der Waals surface area contributed by atoms with Crippen LogP contribution in [-0.4, -0.2) is 33.0 Å². The Balaban J connectivity index is 2.84. The minimum absolute atomic E-state index is 0.197. The Morgan fingerprint density at radius 1 is 1.53 bits per heavy atom. The van der Waals surface area contributed by atoms with Crippen LogP contribution in [0.2, 0.25) is 5.02 Å². The van der Waals surface area contributed by atoms with Crippen molar-refractivity contribution in [2.75, 3.05) is 5.75 Å². The quantitative estimate of drug-likeness (QED) is 0.855. The van der Waals surface area contributed by atoms with E-state index in [1.807, 2.05) is 0 Å². The number of benzene rings is 1. The van der Waals surface area contributed by atoms with E-state index in [2.05, 4.69) is 5.32 Å². The second kappa shape index (κ2) is 6.63. The van der Waals surface area contributed by atoms with Crippen molar-refractivity contribution in [3.63, 3.8) is 0 Å². The highest BCUT2D eigenvalue weighted by molar-refractivity contribution is 7.85. The predicted octanol–water partition coefficient (Wildman–Crippen LogP) is 1.18. The van der Waals surface area contributed by atoms with Crippen molar-refractivity contribution in [1.82, 2.24) is 5.32 Å². The molecule has 0 aliphatic carbocycles. The van der Waals surface area contributed by atoms with Crippen LogP contribution in [0.25, 0.3) is 0 Å². The Kier molecular flexibility index (Phi) is 5.44. The molecule has 0 saturated heterocycles. The standard InChI is InChI=1S/C11H11ClFNO4S/c1-6(15)14-10(11(16)17)5-19(18)7-2-3-9(13)8(12)4-7/h2-4,10H,5H2,1H3,(H,14,15)(H,16,17). The second-order valence-electron chi connectivity index (χ2n) is 3.68. The Morgan fingerprint density at radius 3 is 2.63 bits per heavy atom. The van der Waals surface area contributed by atoms with Gasteiger partial charge in [-0.15, -0.1) is 0 Å². The van der Waals surface area contributed by atoms with Crippen LogP contribution in [0.3, 0.4) is 0 Å². The maximum absolute atomic E-state index is 12.9. The first-order valence-corrected chi connectivity index (χ1v) is 6.84. The van der Waals surface area contributed by atoms with E-state index in [-0.39, 0.29) is 15.7 Å². The molecule has 19 heavy (non-hydrogen) atoms. The van der Waals surface area contributed by atoms with Gasteiger partial charge in [0.1, 0.15) is 11.9 Å². The van der Waals surface area contributed by atoms with Gasteiger partial charge in [0, 0.05) is 11.8 Å². The van der Waals surface area contributed by atoms with Gasteiger partial charge in [-0.05, 0) is 18.2 Å². The summed E-state index contributed by atoms with van der Waals surface area (Å²) in [6.45, 7) is 1.16. The molecule has 0 radical (unpaired) electrons. The summed E-state index contributed by atoms with van der Waals surface area (Å²) in [6.07, 6.45) is 0. The van der Waals surface area contributed by atoms with Crippen LogP contribution in [0.4, 0.5) is 4.39 Å². The second-order valence-corrected chi connectivity index (χ2v) is 5.58. The highest BCUT2D eigenvalue weighted by atomic mass is 35.5. The van der Waals surface area contributed by atoms with Gasteiger partial charge >= 0.3 is 5.97 Å². The molecule has 2 unspecified atom stereocenters. The van der Waals surface area contributed by atoms with Crippen molar-refractivity contribution < 1.29 is 23.3 Å². The highest BCUT2D eigenvalue weighted by Crippen LogP contribution is 2.18. The van der Waals surface area contributed by atoms with Crippen molar-refractivity contribution in [2.24, 2.45) is 0 Å². The number of carboxylic acid groups (broad SMARTS) is 1. The molecule has 0 aliphatic heterocycles. The van der Waals surface area contributed by atoms with Gasteiger partial charge in [0.25, 0.3) is 0 Å². The van der Waals surface area contributed by atoms with Gasteiger partial charge in [-0.3, -0.25) is 9.00 Å². The van der Waals surface area contributed by atoms with Gasteiger partial charge < -0.3 is 10.4 Å². The maximum Gasteiger partial charge on any atom is 0.327 e. The molecule has 0 saturated carbocycles. The maximum atomic E-state index is 12.9. The lowest BCUT2D eigenvalue weighted by Gasteiger charge is -2.12. The zero-order valence-corrected chi connectivity index (χ0v) is 11.4. The third kappa shape index (κ3) is 4.60. The molecule has 1 aromatic rings. The number of aliphatic carboxylic acids is 1. The molecule has 2 N–H and O–H groups in total. The molecule has 1 rings (SSSR count). The molecule has 0 heterocycles. The number of hydrogen-bond acceptors (Lipinski definition) is 3. The number of amides is 1. The molecule has 2 atom stereocenters. The number of carbonyl (C=O) groups excluding carboxylic acids is 1. The van der Waals surface area contributed by atoms with Gasteiger partial charge in [-0.25, -0.2) is 9.18 Å². The van der Waals surface area contributed by atoms with Crippen molar-refractivity contribution in [3.05, 3.63) is 29.0 Å². The normalized spacial score (nSPS) is 13.6. The van der Waals surface area contributed by atoms with Crippen LogP contribution < -0.4 is 5.32 Å². The third-order valence-electron chi connectivity index (χ3n) is 2.15. The molecule has 8 heteroatoms. The molecule has 1 aromatic carbocycles. The summed E-state index contributed by atoms with van der Waals surface area (Å²) in [5.41, 5.74) is 0. The molecule has 0 bridgehead atoms. The van der Waals surface area contributed by atoms with Gasteiger partial charge in [-0.1, -0.05) is 11.6 Å². The molecule has 0 spiro atoms. The van der Waals surface area contributed by atoms with E-state index >= 15 is 0 Å². The predicted molar refractivity (Wildman–Crippen MR) is 67.9 cm³/mol. The topological polar surface area (TPSA) is 83.5 Å². The lowest BCUT2D eigenvalue weighted by Crippen LogP contribution is -2.43. The van der Waals surface area contributed by atoms with Crippen molar-refractivity contribution >= 4 is 34.3 Å². The summed E-state index contributed by atoms with van der Waals surface area (Å²) in [7, 11) is -1.72. The molecule has 104 valence electrons. The first kappa shape index (κ1) is 15.6. The van der Waals surface area contributed by atoms with Crippen LogP contribution in [0, 0.1) is 5.82 Å². The van der Waals surface area contributed by atoms with Crippen LogP contribution in [0.5, 0.6) is 0 Å². The van der Waals surface area contributed by atoms with Crippen molar-refractivity contribution in [2.45, 2.75) is 17.9 Å². The Labute approximate surface area is 116 Å². The number of hydrogen-bond donors (Lipinski definition) is 2. The summed E-state index contributed by atoms with van der Waals surface area (Å²) in [4.78, 5) is 21.9. The zero-order chi connectivity index (χ0) is 14.6. The van der Waals surface area contributed by atoms with Crippen LogP contribution in [0.15, 0.2) is 23.1 Å². The number of nitrogens with one attached hydrogen (secondary N) is 1. The lowest BCUT2D eigenvalue weighted by molar-refractivity contribution is -0.140. The van der Waals surface area contributed by atoms with E-state index in [0.29, 0.717) is 0 Å². The molecule has 0 aliphatic rings. The Bertz CT molecular complexity index is 537. The number of carbonyl (C=O) groups is 2. The minimum Gasteiger partial charge on any atom is -0.480 e. The van der Waals surface area contributed by atoms with Gasteiger partial charge in [0.2, 0.25) is 5.91 Å². The Hall–Kier alpha value is -1.47. The molecular weight excluding hydrogens is 297 g/mol. The monoisotopic (exact) mass is 307 g/mol. The van der Waals surface area contributed by atoms with E-state index in [9.17, 15) is 18.2 Å². The summed E-state index contributed by atoms with van der Waals surface area (Å²) in [6, 6.07) is 2.19. The van der Waals surface area contributed by atoms with Crippen LogP contribution in [-0.2, 0) is 20.4 Å². The fourth-order valence-electron chi connectivity index (χ4n) is 1.29. The third-order valence-corrected chi connectivity index (χ3v) is 3.85. The largest absolute Gasteiger partial charge is 0.480 e. The van der Waals surface area contributed by atoms with Gasteiger partial charge in [-0.2, -0.15) is 0 Å². The molecule has 0 fully saturated rings. The smallest absolute Gasteiger partial charge is 0.327 e.